The monoisotopic (exact) mass is 932 g/mol. The minimum absolute atomic E-state index is 0.0765. The Kier molecular flexibility index (Phi) is 9.11. The van der Waals surface area contributed by atoms with E-state index in [1.165, 1.54) is 92.2 Å². The van der Waals surface area contributed by atoms with Crippen molar-refractivity contribution in [2.75, 3.05) is 9.80 Å². The Labute approximate surface area is 412 Å². The Hall–Kier alpha value is -6.80. The molecule has 0 saturated carbocycles. The summed E-state index contributed by atoms with van der Waals surface area (Å²) in [5, 5.41) is 9.50. The van der Waals surface area contributed by atoms with Gasteiger partial charge in [-0.3, -0.25) is 9.80 Å². The minimum atomic E-state index is -0.198. The van der Waals surface area contributed by atoms with E-state index in [9.17, 15) is 0 Å². The van der Waals surface area contributed by atoms with E-state index in [0.29, 0.717) is 0 Å². The molecule has 4 nitrogen and oxygen atoms in total. The first-order chi connectivity index (χ1) is 33.2. The van der Waals surface area contributed by atoms with Crippen LogP contribution in [0.1, 0.15) is 74.9 Å². The van der Waals surface area contributed by atoms with Crippen molar-refractivity contribution in [3.05, 3.63) is 172 Å². The van der Waals surface area contributed by atoms with Crippen LogP contribution < -0.4 is 26.2 Å². The first-order valence-electron chi connectivity index (χ1n) is 24.2. The molecule has 0 radical (unpaired) electrons. The summed E-state index contributed by atoms with van der Waals surface area (Å²) in [6.45, 7) is 22.8. The molecule has 0 bridgehead atoms. The molecule has 338 valence electrons. The zero-order chi connectivity index (χ0) is 47.4. The van der Waals surface area contributed by atoms with Crippen molar-refractivity contribution in [1.29, 1.82) is 0 Å². The van der Waals surface area contributed by atoms with E-state index in [0.717, 1.165) is 56.5 Å². The number of thiophene rings is 2. The maximum Gasteiger partial charge on any atom is 0.262 e. The predicted molar refractivity (Wildman–Crippen MR) is 298 cm³/mol. The second kappa shape index (κ2) is 14.9. The lowest BCUT2D eigenvalue weighted by molar-refractivity contribution is 0.589. The highest BCUT2D eigenvalue weighted by molar-refractivity contribution is 7.18. The van der Waals surface area contributed by atoms with Crippen LogP contribution in [0.2, 0.25) is 0 Å². The Balaban J connectivity index is 1.16. The van der Waals surface area contributed by atoms with Gasteiger partial charge in [-0.05, 0) is 148 Å². The van der Waals surface area contributed by atoms with Gasteiger partial charge in [-0.1, -0.05) is 120 Å². The fourth-order valence-corrected chi connectivity index (χ4v) is 13.6. The largest absolute Gasteiger partial charge is 0.440 e. The molecule has 6 heterocycles. The third-order valence-electron chi connectivity index (χ3n) is 15.2. The summed E-state index contributed by atoms with van der Waals surface area (Å²) in [7, 11) is 0. The van der Waals surface area contributed by atoms with Crippen LogP contribution in [0.25, 0.3) is 64.4 Å². The van der Waals surface area contributed by atoms with Gasteiger partial charge in [-0.25, -0.2) is 0 Å². The van der Waals surface area contributed by atoms with Crippen LogP contribution in [0.15, 0.2) is 147 Å². The molecule has 0 saturated heterocycles. The van der Waals surface area contributed by atoms with Crippen LogP contribution in [0.5, 0.6) is 0 Å². The van der Waals surface area contributed by atoms with E-state index in [1.54, 1.807) is 0 Å². The van der Waals surface area contributed by atoms with Gasteiger partial charge in [-0.15, -0.1) is 22.7 Å². The third kappa shape index (κ3) is 6.12. The first-order valence-corrected chi connectivity index (χ1v) is 25.9. The highest BCUT2D eigenvalue weighted by Gasteiger charge is 2.49. The number of rotatable bonds is 4. The standard InChI is InChI=1S/C62H53BN2O2S2/c1-34-22-26-40(46-32-68-52-20-13-11-16-42(46)52)36(3)57(34)64-48-18-15-19-49-56(48)63(54-44-30-38(61(5,6)7)24-28-50(44)66-59(54)64)55-45-31-39(62(8,9)10)25-29-51(45)67-60(55)65(49)58-35(2)23-27-41(37(58)4)47-33-69-53-21-14-12-17-43(47)53/h11-33H,1-10H3. The third-order valence-corrected chi connectivity index (χ3v) is 17.1. The second-order valence-corrected chi connectivity index (χ2v) is 23.3. The maximum atomic E-state index is 7.40. The molecule has 11 aromatic rings. The van der Waals surface area contributed by atoms with Crippen molar-refractivity contribution in [3.8, 4) is 22.3 Å². The summed E-state index contributed by atoms with van der Waals surface area (Å²) < 4.78 is 17.4. The molecule has 2 aliphatic heterocycles. The van der Waals surface area contributed by atoms with Crippen LogP contribution in [0.3, 0.4) is 0 Å². The van der Waals surface area contributed by atoms with Crippen molar-refractivity contribution in [3.63, 3.8) is 0 Å². The number of anilines is 6. The molecule has 0 atom stereocenters. The molecule has 2 aliphatic rings. The summed E-state index contributed by atoms with van der Waals surface area (Å²) in [6, 6.07) is 47.5. The van der Waals surface area contributed by atoms with Crippen LogP contribution in [-0.4, -0.2) is 6.71 Å². The molecule has 0 amide bonds. The van der Waals surface area contributed by atoms with Crippen molar-refractivity contribution in [2.45, 2.75) is 80.1 Å². The molecule has 0 spiro atoms. The van der Waals surface area contributed by atoms with Crippen molar-refractivity contribution in [2.24, 2.45) is 0 Å². The molecule has 7 aromatic carbocycles. The average Bonchev–Trinajstić information content (AvgIpc) is 4.13. The van der Waals surface area contributed by atoms with Crippen molar-refractivity contribution in [1.82, 2.24) is 0 Å². The molecule has 13 rings (SSSR count). The van der Waals surface area contributed by atoms with Crippen LogP contribution in [0, 0.1) is 27.7 Å². The van der Waals surface area contributed by atoms with Gasteiger partial charge in [0.25, 0.3) is 6.71 Å². The zero-order valence-corrected chi connectivity index (χ0v) is 42.5. The first kappa shape index (κ1) is 42.3. The minimum Gasteiger partial charge on any atom is -0.440 e. The summed E-state index contributed by atoms with van der Waals surface area (Å²) >= 11 is 3.62. The normalized spacial score (nSPS) is 13.6. The number of furan rings is 2. The Morgan fingerprint density at radius 1 is 0.435 bits per heavy atom. The van der Waals surface area contributed by atoms with E-state index in [1.807, 2.05) is 22.7 Å². The van der Waals surface area contributed by atoms with E-state index in [2.05, 4.69) is 217 Å². The highest BCUT2D eigenvalue weighted by atomic mass is 32.1. The molecule has 0 fully saturated rings. The van der Waals surface area contributed by atoms with Gasteiger partial charge in [-0.2, -0.15) is 0 Å². The summed E-state index contributed by atoms with van der Waals surface area (Å²) in [6.07, 6.45) is 0. The summed E-state index contributed by atoms with van der Waals surface area (Å²) in [5.41, 5.74) is 22.1. The lowest BCUT2D eigenvalue weighted by Gasteiger charge is -2.42. The molecular weight excluding hydrogens is 880 g/mol. The van der Waals surface area contributed by atoms with Gasteiger partial charge in [0.05, 0.1) is 11.4 Å². The Morgan fingerprint density at radius 3 is 1.30 bits per heavy atom. The number of benzene rings is 7. The summed E-state index contributed by atoms with van der Waals surface area (Å²) in [4.78, 5) is 4.95. The average molecular weight is 933 g/mol. The van der Waals surface area contributed by atoms with E-state index in [4.69, 9.17) is 8.83 Å². The van der Waals surface area contributed by atoms with Gasteiger partial charge in [0.2, 0.25) is 11.8 Å². The molecule has 7 heteroatoms. The van der Waals surface area contributed by atoms with E-state index >= 15 is 0 Å². The van der Waals surface area contributed by atoms with Crippen molar-refractivity contribution >= 4 is 122 Å². The SMILES string of the molecule is Cc1ccc(-c2csc3ccccc23)c(C)c1N1c2cccc3c2B(c2c1oc1ccc(C(C)(C)C)cc21)c1c(oc2ccc(C(C)(C)C)cc12)N3c1c(C)ccc(-c2csc3ccccc23)c1C. The fraction of sp³-hybridized carbons (Fsp3) is 0.194. The van der Waals surface area contributed by atoms with E-state index < -0.39 is 0 Å². The van der Waals surface area contributed by atoms with Crippen molar-refractivity contribution < 1.29 is 8.83 Å². The van der Waals surface area contributed by atoms with Crippen LogP contribution >= 0.6 is 22.7 Å². The van der Waals surface area contributed by atoms with Crippen LogP contribution in [0.4, 0.5) is 34.5 Å². The van der Waals surface area contributed by atoms with Crippen LogP contribution in [-0.2, 0) is 10.8 Å². The molecule has 4 aromatic heterocycles. The van der Waals surface area contributed by atoms with Gasteiger partial charge >= 0.3 is 0 Å². The zero-order valence-electron chi connectivity index (χ0n) is 40.9. The predicted octanol–water partition coefficient (Wildman–Crippen LogP) is 16.9. The Bertz CT molecular complexity index is 3710. The smallest absolute Gasteiger partial charge is 0.262 e. The second-order valence-electron chi connectivity index (χ2n) is 21.5. The van der Waals surface area contributed by atoms with Gasteiger partial charge in [0.15, 0.2) is 0 Å². The number of nitrogens with zero attached hydrogens (tertiary/aromatic N) is 2. The topological polar surface area (TPSA) is 32.8 Å². The number of aryl methyl sites for hydroxylation is 2. The lowest BCUT2D eigenvalue weighted by atomic mass is 9.33. The van der Waals surface area contributed by atoms with Gasteiger partial charge in [0, 0.05) is 64.4 Å². The highest BCUT2D eigenvalue weighted by Crippen LogP contribution is 2.52. The van der Waals surface area contributed by atoms with Gasteiger partial charge in [0.1, 0.15) is 11.2 Å². The molecule has 0 aliphatic carbocycles. The molecule has 69 heavy (non-hydrogen) atoms. The number of fused-ring (bicyclic) bond motifs is 10. The number of hydrogen-bond donors (Lipinski definition) is 0. The summed E-state index contributed by atoms with van der Waals surface area (Å²) in [5.74, 6) is 1.73. The van der Waals surface area contributed by atoms with Gasteiger partial charge < -0.3 is 8.83 Å². The quantitative estimate of drug-likeness (QED) is 0.165. The molecule has 0 unspecified atom stereocenters. The molecule has 0 N–H and O–H groups in total. The fourth-order valence-electron chi connectivity index (χ4n) is 11.7. The van der Waals surface area contributed by atoms with E-state index in [-0.39, 0.29) is 17.5 Å². The molecular formula is C62H53BN2O2S2. The Morgan fingerprint density at radius 2 is 0.870 bits per heavy atom. The maximum absolute atomic E-state index is 7.40. The number of hydrogen-bond acceptors (Lipinski definition) is 6. The lowest BCUT2D eigenvalue weighted by Crippen LogP contribution is -2.61.